The first kappa shape index (κ1) is 62.8. The molecule has 0 radical (unpaired) electrons. The summed E-state index contributed by atoms with van der Waals surface area (Å²) in [4.78, 5) is 0. The standard InChI is InChI=1S/C54H92O24/c1-49(2,70)13-9-14-54(8,78-47-43(69)39(65)36(62)28(75-47)22-71-45-41(67)37(63)33(59)25(19-55)72-45)23-10-16-53(7)32(23)24(58)18-30-51(5)15-12-31(50(3,4)29(51)11-17-52(30,53)6)76-48-44(40(66)35(61)27(21-57)74-48)77-46-42(68)38(64)34(60)26(20-56)73-46/h9,14,23-48,55-70H,10-13,15-22H2,1-8H3. The largest absolute Gasteiger partial charge is 0.394 e. The fourth-order valence-electron chi connectivity index (χ4n) is 16.1. The van der Waals surface area contributed by atoms with Crippen molar-refractivity contribution >= 4 is 0 Å². The summed E-state index contributed by atoms with van der Waals surface area (Å²) in [7, 11) is 0. The molecule has 78 heavy (non-hydrogen) atoms. The quantitative estimate of drug-likeness (QED) is 0.0534. The van der Waals surface area contributed by atoms with Gasteiger partial charge in [-0.2, -0.15) is 0 Å². The highest BCUT2D eigenvalue weighted by Gasteiger charge is 2.72. The Morgan fingerprint density at radius 1 is 0.526 bits per heavy atom. The summed E-state index contributed by atoms with van der Waals surface area (Å²) in [6.07, 6.45) is -25.6. The first-order chi connectivity index (χ1) is 36.3. The smallest absolute Gasteiger partial charge is 0.187 e. The van der Waals surface area contributed by atoms with Gasteiger partial charge in [-0.25, -0.2) is 0 Å². The fraction of sp³-hybridized carbons (Fsp3) is 0.963. The average molecular weight is 1130 g/mol. The lowest BCUT2D eigenvalue weighted by molar-refractivity contribution is -0.378. The highest BCUT2D eigenvalue weighted by molar-refractivity contribution is 5.22. The SMILES string of the molecule is CC(C)(O)CC=CC(C)(OC1OC(COC2OC(CO)C(O)C(O)C2O)C(O)C(O)C1O)C1CCC2(C)C1C(O)CC1C3(C)CCC(OC4OC(CO)C(O)C(O)C4OC4OC(CO)C(O)C(O)C4O)C(C)(C)C3CCC12C. The van der Waals surface area contributed by atoms with E-state index in [9.17, 15) is 81.7 Å². The first-order valence-electron chi connectivity index (χ1n) is 28.0. The van der Waals surface area contributed by atoms with Crippen LogP contribution in [0.15, 0.2) is 12.2 Å². The lowest BCUT2D eigenvalue weighted by Gasteiger charge is -2.71. The van der Waals surface area contributed by atoms with Crippen LogP contribution in [-0.4, -0.2) is 254 Å². The van der Waals surface area contributed by atoms with Crippen molar-refractivity contribution < 1.29 is 120 Å². The molecule has 0 bridgehead atoms. The van der Waals surface area contributed by atoms with Crippen LogP contribution in [0.2, 0.25) is 0 Å². The maximum atomic E-state index is 12.8. The van der Waals surface area contributed by atoms with Crippen LogP contribution in [0.3, 0.4) is 0 Å². The summed E-state index contributed by atoms with van der Waals surface area (Å²) < 4.78 is 48.7. The van der Waals surface area contributed by atoms with Crippen molar-refractivity contribution in [3.05, 3.63) is 12.2 Å². The van der Waals surface area contributed by atoms with E-state index in [2.05, 4.69) is 34.6 Å². The number of aliphatic hydroxyl groups excluding tert-OH is 15. The Hall–Kier alpha value is -1.22. The van der Waals surface area contributed by atoms with E-state index in [0.29, 0.717) is 32.1 Å². The topological polar surface area (TPSA) is 398 Å². The molecule has 4 saturated carbocycles. The zero-order valence-electron chi connectivity index (χ0n) is 46.1. The van der Waals surface area contributed by atoms with Gasteiger partial charge in [0.05, 0.1) is 49.8 Å². The molecule has 4 heterocycles. The van der Waals surface area contributed by atoms with Crippen LogP contribution in [0.1, 0.15) is 107 Å². The molecule has 8 rings (SSSR count). The van der Waals surface area contributed by atoms with Crippen molar-refractivity contribution in [3.63, 3.8) is 0 Å². The van der Waals surface area contributed by atoms with E-state index < -0.39 is 189 Å². The van der Waals surface area contributed by atoms with Crippen molar-refractivity contribution in [1.29, 1.82) is 0 Å². The van der Waals surface area contributed by atoms with Crippen molar-refractivity contribution in [1.82, 2.24) is 0 Å². The number of aliphatic hydroxyl groups is 16. The molecule has 0 amide bonds. The predicted octanol–water partition coefficient (Wildman–Crippen LogP) is -3.23. The van der Waals surface area contributed by atoms with Crippen molar-refractivity contribution in [2.24, 2.45) is 45.3 Å². The van der Waals surface area contributed by atoms with Gasteiger partial charge in [0, 0.05) is 0 Å². The maximum Gasteiger partial charge on any atom is 0.187 e. The minimum absolute atomic E-state index is 0.00616. The van der Waals surface area contributed by atoms with Crippen LogP contribution in [0.25, 0.3) is 0 Å². The van der Waals surface area contributed by atoms with E-state index >= 15 is 0 Å². The molecule has 4 aliphatic carbocycles. The summed E-state index contributed by atoms with van der Waals surface area (Å²) >= 11 is 0. The number of rotatable bonds is 16. The minimum atomic E-state index is -1.83. The van der Waals surface area contributed by atoms with E-state index in [1.807, 2.05) is 6.92 Å². The van der Waals surface area contributed by atoms with Gasteiger partial charge in [0.1, 0.15) is 97.7 Å². The van der Waals surface area contributed by atoms with E-state index in [1.165, 1.54) is 0 Å². The van der Waals surface area contributed by atoms with E-state index in [0.717, 1.165) is 12.8 Å². The summed E-state index contributed by atoms with van der Waals surface area (Å²) in [5.41, 5.74) is -4.26. The van der Waals surface area contributed by atoms with E-state index in [1.54, 1.807) is 26.0 Å². The number of ether oxygens (including phenoxy) is 8. The Labute approximate surface area is 455 Å². The van der Waals surface area contributed by atoms with Crippen LogP contribution in [0.5, 0.6) is 0 Å². The zero-order valence-corrected chi connectivity index (χ0v) is 46.1. The van der Waals surface area contributed by atoms with Gasteiger partial charge in [0.2, 0.25) is 0 Å². The monoisotopic (exact) mass is 1120 g/mol. The second-order valence-corrected chi connectivity index (χ2v) is 26.2. The number of fused-ring (bicyclic) bond motifs is 5. The van der Waals surface area contributed by atoms with Crippen LogP contribution in [0, 0.1) is 45.3 Å². The van der Waals surface area contributed by atoms with Crippen molar-refractivity contribution in [2.45, 2.75) is 253 Å². The van der Waals surface area contributed by atoms with Gasteiger partial charge >= 0.3 is 0 Å². The third-order valence-electron chi connectivity index (χ3n) is 20.7. The molecule has 30 unspecified atom stereocenters. The van der Waals surface area contributed by atoms with Crippen LogP contribution < -0.4 is 0 Å². The maximum absolute atomic E-state index is 12.8. The summed E-state index contributed by atoms with van der Waals surface area (Å²) in [6.45, 7) is 13.5. The molecule has 0 spiro atoms. The number of hydrogen-bond acceptors (Lipinski definition) is 24. The zero-order chi connectivity index (χ0) is 57.6. The third-order valence-corrected chi connectivity index (χ3v) is 20.7. The van der Waals surface area contributed by atoms with Crippen molar-refractivity contribution in [3.8, 4) is 0 Å². The fourth-order valence-corrected chi connectivity index (χ4v) is 16.1. The van der Waals surface area contributed by atoms with Crippen LogP contribution >= 0.6 is 0 Å². The van der Waals surface area contributed by atoms with E-state index in [-0.39, 0.29) is 35.0 Å². The lowest BCUT2D eigenvalue weighted by atomic mass is 9.35. The molecule has 24 nitrogen and oxygen atoms in total. The van der Waals surface area contributed by atoms with Gasteiger partial charge in [0.15, 0.2) is 25.2 Å². The van der Waals surface area contributed by atoms with Crippen molar-refractivity contribution in [2.75, 3.05) is 26.4 Å². The summed E-state index contributed by atoms with van der Waals surface area (Å²) in [5, 5.41) is 173. The summed E-state index contributed by atoms with van der Waals surface area (Å²) in [6, 6.07) is 0. The van der Waals surface area contributed by atoms with Crippen LogP contribution in [0.4, 0.5) is 0 Å². The average Bonchev–Trinajstić information content (AvgIpc) is 3.95. The van der Waals surface area contributed by atoms with Crippen LogP contribution in [-0.2, 0) is 37.9 Å². The highest BCUT2D eigenvalue weighted by atomic mass is 16.8. The molecule has 0 aromatic heterocycles. The Morgan fingerprint density at radius 3 is 1.60 bits per heavy atom. The Morgan fingerprint density at radius 2 is 1.03 bits per heavy atom. The van der Waals surface area contributed by atoms with E-state index in [4.69, 9.17) is 37.9 Å². The number of hydrogen-bond donors (Lipinski definition) is 16. The second-order valence-electron chi connectivity index (χ2n) is 26.2. The molecule has 8 fully saturated rings. The molecule has 16 N–H and O–H groups in total. The first-order valence-corrected chi connectivity index (χ1v) is 28.0. The Balaban J connectivity index is 1.02. The van der Waals surface area contributed by atoms with Gasteiger partial charge in [-0.3, -0.25) is 0 Å². The Kier molecular flexibility index (Phi) is 18.8. The lowest BCUT2D eigenvalue weighted by Crippen LogP contribution is -2.68. The van der Waals surface area contributed by atoms with Gasteiger partial charge in [0.25, 0.3) is 0 Å². The molecular formula is C54H92O24. The third kappa shape index (κ3) is 11.1. The Bertz CT molecular complexity index is 2030. The predicted molar refractivity (Wildman–Crippen MR) is 268 cm³/mol. The molecule has 24 heteroatoms. The summed E-state index contributed by atoms with van der Waals surface area (Å²) in [5.74, 6) is -0.805. The second kappa shape index (κ2) is 23.3. The molecule has 0 aromatic rings. The molecule has 452 valence electrons. The molecule has 4 aliphatic heterocycles. The molecule has 0 aromatic carbocycles. The molecular weight excluding hydrogens is 1030 g/mol. The van der Waals surface area contributed by atoms with Gasteiger partial charge < -0.3 is 120 Å². The minimum Gasteiger partial charge on any atom is -0.394 e. The normalized spacial score (nSPS) is 52.6. The van der Waals surface area contributed by atoms with Gasteiger partial charge in [-0.1, -0.05) is 46.8 Å². The molecule has 30 atom stereocenters. The highest BCUT2D eigenvalue weighted by Crippen LogP contribution is 2.76. The molecule has 4 saturated heterocycles. The van der Waals surface area contributed by atoms with Gasteiger partial charge in [-0.15, -0.1) is 0 Å². The van der Waals surface area contributed by atoms with Gasteiger partial charge in [-0.05, 0) is 117 Å². The molecule has 8 aliphatic rings.